The molecule has 0 saturated carbocycles. The number of alkyl halides is 3. The molecule has 118 valence electrons. The Morgan fingerprint density at radius 3 is 2.70 bits per heavy atom. The van der Waals surface area contributed by atoms with Gasteiger partial charge in [0.05, 0.1) is 23.3 Å². The highest BCUT2D eigenvalue weighted by Crippen LogP contribution is 2.37. The van der Waals surface area contributed by atoms with E-state index in [2.05, 4.69) is 21.3 Å². The van der Waals surface area contributed by atoms with Crippen molar-refractivity contribution in [2.75, 3.05) is 17.6 Å². The van der Waals surface area contributed by atoms with Gasteiger partial charge in [0.15, 0.2) is 5.82 Å². The van der Waals surface area contributed by atoms with Gasteiger partial charge in [-0.15, -0.1) is 6.42 Å². The minimum absolute atomic E-state index is 0.0425. The SMILES string of the molecule is C#CCNc1nc(-n2ncc(C#N)c2N)c(Cl)cc1C(F)(F)F. The van der Waals surface area contributed by atoms with E-state index in [4.69, 9.17) is 29.0 Å². The van der Waals surface area contributed by atoms with Gasteiger partial charge in [0.1, 0.15) is 23.3 Å². The maximum Gasteiger partial charge on any atom is 0.420 e. The van der Waals surface area contributed by atoms with Crippen molar-refractivity contribution in [1.82, 2.24) is 14.8 Å². The molecule has 3 N–H and O–H groups in total. The zero-order chi connectivity index (χ0) is 17.2. The van der Waals surface area contributed by atoms with Crippen LogP contribution in [0.3, 0.4) is 0 Å². The van der Waals surface area contributed by atoms with E-state index in [1.165, 1.54) is 0 Å². The fraction of sp³-hybridized carbons (Fsp3) is 0.154. The lowest BCUT2D eigenvalue weighted by Crippen LogP contribution is -2.15. The minimum Gasteiger partial charge on any atom is -0.382 e. The van der Waals surface area contributed by atoms with Crippen LogP contribution in [0, 0.1) is 23.7 Å². The first-order valence-corrected chi connectivity index (χ1v) is 6.36. The van der Waals surface area contributed by atoms with Gasteiger partial charge in [0.2, 0.25) is 0 Å². The highest BCUT2D eigenvalue weighted by molar-refractivity contribution is 6.32. The number of nitrogens with two attached hydrogens (primary N) is 1. The van der Waals surface area contributed by atoms with Crippen LogP contribution in [0.15, 0.2) is 12.3 Å². The van der Waals surface area contributed by atoms with Crippen LogP contribution in [0.2, 0.25) is 5.02 Å². The van der Waals surface area contributed by atoms with Crippen LogP contribution in [0.25, 0.3) is 5.82 Å². The quantitative estimate of drug-likeness (QED) is 0.837. The van der Waals surface area contributed by atoms with Crippen molar-refractivity contribution >= 4 is 23.2 Å². The molecule has 0 spiro atoms. The standard InChI is InChI=1S/C13H8ClF3N6/c1-2-3-20-11-8(13(15,16)17)4-9(14)12(22-11)23-10(19)7(5-18)6-21-23/h1,4,6H,3,19H2,(H,20,22). The first kappa shape index (κ1) is 16.5. The molecular formula is C13H8ClF3N6. The molecule has 2 rings (SSSR count). The second kappa shape index (κ2) is 6.07. The van der Waals surface area contributed by atoms with Gasteiger partial charge in [0.25, 0.3) is 0 Å². The van der Waals surface area contributed by atoms with Gasteiger partial charge in [-0.2, -0.15) is 28.2 Å². The average molecular weight is 341 g/mol. The first-order chi connectivity index (χ1) is 10.8. The van der Waals surface area contributed by atoms with Gasteiger partial charge in [-0.1, -0.05) is 17.5 Å². The van der Waals surface area contributed by atoms with E-state index >= 15 is 0 Å². The maximum absolute atomic E-state index is 13.0. The van der Waals surface area contributed by atoms with Crippen molar-refractivity contribution in [2.45, 2.75) is 6.18 Å². The summed E-state index contributed by atoms with van der Waals surface area (Å²) in [6.07, 6.45) is 1.51. The predicted molar refractivity (Wildman–Crippen MR) is 77.8 cm³/mol. The highest BCUT2D eigenvalue weighted by Gasteiger charge is 2.35. The van der Waals surface area contributed by atoms with Crippen molar-refractivity contribution in [3.8, 4) is 24.2 Å². The predicted octanol–water partition coefficient (Wildman–Crippen LogP) is 2.44. The highest BCUT2D eigenvalue weighted by atomic mass is 35.5. The molecule has 2 aromatic rings. The number of rotatable bonds is 3. The Bertz CT molecular complexity index is 828. The minimum atomic E-state index is -4.68. The number of halogens is 4. The van der Waals surface area contributed by atoms with Crippen molar-refractivity contribution in [1.29, 1.82) is 5.26 Å². The van der Waals surface area contributed by atoms with E-state index in [1.54, 1.807) is 6.07 Å². The summed E-state index contributed by atoms with van der Waals surface area (Å²) >= 11 is 5.87. The maximum atomic E-state index is 13.0. The molecule has 2 heterocycles. The average Bonchev–Trinajstić information content (AvgIpc) is 2.85. The summed E-state index contributed by atoms with van der Waals surface area (Å²) in [6, 6.07) is 2.48. The largest absolute Gasteiger partial charge is 0.420 e. The van der Waals surface area contributed by atoms with Gasteiger partial charge < -0.3 is 11.1 Å². The Hall–Kier alpha value is -2.91. The lowest BCUT2D eigenvalue weighted by Gasteiger charge is -2.15. The van der Waals surface area contributed by atoms with Crippen LogP contribution in [-0.4, -0.2) is 21.3 Å². The van der Waals surface area contributed by atoms with E-state index < -0.39 is 17.6 Å². The summed E-state index contributed by atoms with van der Waals surface area (Å²) in [5.41, 5.74) is 4.66. The van der Waals surface area contributed by atoms with Crippen molar-refractivity contribution < 1.29 is 13.2 Å². The molecule has 0 fully saturated rings. The van der Waals surface area contributed by atoms with E-state index in [0.717, 1.165) is 10.9 Å². The summed E-state index contributed by atoms with van der Waals surface area (Å²) in [6.45, 7) is -0.171. The normalized spacial score (nSPS) is 10.9. The van der Waals surface area contributed by atoms with Gasteiger partial charge in [-0.05, 0) is 6.07 Å². The third kappa shape index (κ3) is 3.15. The Morgan fingerprint density at radius 2 is 2.17 bits per heavy atom. The number of anilines is 2. The molecule has 2 aromatic heterocycles. The van der Waals surface area contributed by atoms with Crippen LogP contribution in [0.1, 0.15) is 11.1 Å². The lowest BCUT2D eigenvalue weighted by atomic mass is 10.2. The second-order valence-corrected chi connectivity index (χ2v) is 4.62. The number of aromatic nitrogens is 3. The number of nitriles is 1. The Kier molecular flexibility index (Phi) is 4.34. The van der Waals surface area contributed by atoms with Crippen molar-refractivity contribution in [2.24, 2.45) is 0 Å². The number of nitrogens with zero attached hydrogens (tertiary/aromatic N) is 4. The summed E-state index contributed by atoms with van der Waals surface area (Å²) in [5.74, 6) is 1.39. The van der Waals surface area contributed by atoms with Crippen molar-refractivity contribution in [3.63, 3.8) is 0 Å². The zero-order valence-electron chi connectivity index (χ0n) is 11.3. The molecule has 0 aliphatic rings. The number of hydrogen-bond donors (Lipinski definition) is 2. The number of hydrogen-bond acceptors (Lipinski definition) is 5. The molecule has 0 atom stereocenters. The Morgan fingerprint density at radius 1 is 1.48 bits per heavy atom. The summed E-state index contributed by atoms with van der Waals surface area (Å²) in [7, 11) is 0. The van der Waals surface area contributed by atoms with Crippen LogP contribution in [-0.2, 0) is 6.18 Å². The van der Waals surface area contributed by atoms with Gasteiger partial charge in [-0.25, -0.2) is 4.98 Å². The van der Waals surface area contributed by atoms with Gasteiger partial charge in [0, 0.05) is 0 Å². The van der Waals surface area contributed by atoms with E-state index in [0.29, 0.717) is 6.07 Å². The molecule has 0 bridgehead atoms. The molecule has 6 nitrogen and oxygen atoms in total. The summed E-state index contributed by atoms with van der Waals surface area (Å²) in [5, 5.41) is 14.7. The van der Waals surface area contributed by atoms with Gasteiger partial charge in [-0.3, -0.25) is 0 Å². The summed E-state index contributed by atoms with van der Waals surface area (Å²) < 4.78 is 40.1. The lowest BCUT2D eigenvalue weighted by molar-refractivity contribution is -0.137. The molecule has 0 aliphatic heterocycles. The summed E-state index contributed by atoms with van der Waals surface area (Å²) in [4.78, 5) is 3.81. The van der Waals surface area contributed by atoms with Crippen LogP contribution in [0.5, 0.6) is 0 Å². The van der Waals surface area contributed by atoms with E-state index in [-0.39, 0.29) is 28.8 Å². The molecule has 0 aromatic carbocycles. The van der Waals surface area contributed by atoms with Crippen LogP contribution < -0.4 is 11.1 Å². The molecule has 0 amide bonds. The molecule has 23 heavy (non-hydrogen) atoms. The second-order valence-electron chi connectivity index (χ2n) is 4.21. The molecule has 0 unspecified atom stereocenters. The first-order valence-electron chi connectivity index (χ1n) is 5.98. The molecule has 0 aliphatic carbocycles. The third-order valence-electron chi connectivity index (χ3n) is 2.75. The Labute approximate surface area is 133 Å². The topological polar surface area (TPSA) is 92.5 Å². The fourth-order valence-electron chi connectivity index (χ4n) is 1.73. The van der Waals surface area contributed by atoms with E-state index in [1.807, 2.05) is 0 Å². The zero-order valence-corrected chi connectivity index (χ0v) is 12.1. The Balaban J connectivity index is 2.64. The molecular weight excluding hydrogens is 333 g/mol. The fourth-order valence-corrected chi connectivity index (χ4v) is 1.96. The number of terminal acetylenes is 1. The van der Waals surface area contributed by atoms with E-state index in [9.17, 15) is 13.2 Å². The number of nitrogen functional groups attached to an aromatic ring is 1. The smallest absolute Gasteiger partial charge is 0.382 e. The van der Waals surface area contributed by atoms with Crippen molar-refractivity contribution in [3.05, 3.63) is 28.4 Å². The third-order valence-corrected chi connectivity index (χ3v) is 3.03. The molecule has 0 radical (unpaired) electrons. The van der Waals surface area contributed by atoms with Gasteiger partial charge >= 0.3 is 6.18 Å². The number of nitrogens with one attached hydrogen (secondary N) is 1. The van der Waals surface area contributed by atoms with Crippen LogP contribution >= 0.6 is 11.6 Å². The number of pyridine rings is 1. The molecule has 10 heteroatoms. The molecule has 0 saturated heterocycles. The van der Waals surface area contributed by atoms with Crippen LogP contribution in [0.4, 0.5) is 24.8 Å². The monoisotopic (exact) mass is 340 g/mol.